The number of hydrogen-bond donors (Lipinski definition) is 0. The summed E-state index contributed by atoms with van der Waals surface area (Å²) in [4.78, 5) is 38.0. The van der Waals surface area contributed by atoms with Crippen LogP contribution in [0.5, 0.6) is 0 Å². The van der Waals surface area contributed by atoms with E-state index in [0.29, 0.717) is 19.3 Å². The van der Waals surface area contributed by atoms with Gasteiger partial charge in [0.2, 0.25) is 0 Å². The Morgan fingerprint density at radius 1 is 0.317 bits per heavy atom. The molecule has 0 aliphatic heterocycles. The van der Waals surface area contributed by atoms with Crippen molar-refractivity contribution in [2.75, 3.05) is 13.2 Å². The van der Waals surface area contributed by atoms with Crippen LogP contribution in [-0.2, 0) is 28.6 Å². The Morgan fingerprint density at radius 3 is 0.833 bits per heavy atom. The molecule has 0 aromatic rings. The first kappa shape index (κ1) is 58.1. The zero-order valence-corrected chi connectivity index (χ0v) is 40.5. The van der Waals surface area contributed by atoms with E-state index in [1.807, 2.05) is 0 Å². The standard InChI is InChI=1S/C54H102O6/c1-4-7-10-13-16-19-22-25-26-27-28-30-32-35-38-41-44-47-53(56)59-50-51(49-58-52(55)46-43-40-37-34-31-24-21-18-15-12-9-6-3)60-54(57)48-45-42-39-36-33-29-23-20-17-14-11-8-5-2/h25-26,51H,4-24,27-50H2,1-3H3/b26-25-/t51-/m1/s1. The number of allylic oxidation sites excluding steroid dienone is 2. The van der Waals surface area contributed by atoms with Gasteiger partial charge in [0.25, 0.3) is 0 Å². The van der Waals surface area contributed by atoms with Crippen LogP contribution in [0, 0.1) is 0 Å². The third-order valence-corrected chi connectivity index (χ3v) is 12.0. The van der Waals surface area contributed by atoms with Gasteiger partial charge in [-0.05, 0) is 44.9 Å². The monoisotopic (exact) mass is 847 g/mol. The van der Waals surface area contributed by atoms with Crippen LogP contribution in [0.4, 0.5) is 0 Å². The Balaban J connectivity index is 4.31. The van der Waals surface area contributed by atoms with E-state index in [-0.39, 0.29) is 31.1 Å². The minimum absolute atomic E-state index is 0.0658. The van der Waals surface area contributed by atoms with Gasteiger partial charge in [0.05, 0.1) is 0 Å². The van der Waals surface area contributed by atoms with Crippen molar-refractivity contribution in [3.8, 4) is 0 Å². The summed E-state index contributed by atoms with van der Waals surface area (Å²) in [6, 6.07) is 0. The van der Waals surface area contributed by atoms with Gasteiger partial charge in [0.1, 0.15) is 13.2 Å². The van der Waals surface area contributed by atoms with E-state index in [2.05, 4.69) is 32.9 Å². The summed E-state index contributed by atoms with van der Waals surface area (Å²) in [5.41, 5.74) is 0. The molecule has 0 saturated carbocycles. The molecule has 0 aromatic carbocycles. The molecule has 0 aliphatic carbocycles. The molecular formula is C54H102O6. The zero-order valence-electron chi connectivity index (χ0n) is 40.5. The maximum atomic E-state index is 12.8. The molecule has 0 N–H and O–H groups in total. The largest absolute Gasteiger partial charge is 0.462 e. The lowest BCUT2D eigenvalue weighted by Crippen LogP contribution is -2.30. The minimum Gasteiger partial charge on any atom is -0.462 e. The fourth-order valence-electron chi connectivity index (χ4n) is 7.97. The maximum absolute atomic E-state index is 12.8. The first-order valence-corrected chi connectivity index (χ1v) is 26.7. The second-order valence-corrected chi connectivity index (χ2v) is 18.2. The highest BCUT2D eigenvalue weighted by molar-refractivity contribution is 5.71. The van der Waals surface area contributed by atoms with Gasteiger partial charge < -0.3 is 14.2 Å². The third-order valence-electron chi connectivity index (χ3n) is 12.0. The second kappa shape index (κ2) is 49.8. The fraction of sp³-hybridized carbons (Fsp3) is 0.907. The van der Waals surface area contributed by atoms with Crippen LogP contribution in [0.1, 0.15) is 297 Å². The number of rotatable bonds is 49. The van der Waals surface area contributed by atoms with Crippen LogP contribution < -0.4 is 0 Å². The molecule has 0 unspecified atom stereocenters. The van der Waals surface area contributed by atoms with Crippen LogP contribution in [0.2, 0.25) is 0 Å². The van der Waals surface area contributed by atoms with Crippen LogP contribution in [0.3, 0.4) is 0 Å². The normalized spacial score (nSPS) is 12.0. The topological polar surface area (TPSA) is 78.9 Å². The summed E-state index contributed by atoms with van der Waals surface area (Å²) in [6.07, 6.45) is 54.8. The molecule has 0 heterocycles. The predicted molar refractivity (Wildman–Crippen MR) is 256 cm³/mol. The average molecular weight is 847 g/mol. The van der Waals surface area contributed by atoms with Crippen molar-refractivity contribution in [3.63, 3.8) is 0 Å². The van der Waals surface area contributed by atoms with E-state index < -0.39 is 6.10 Å². The van der Waals surface area contributed by atoms with Gasteiger partial charge in [-0.3, -0.25) is 14.4 Å². The molecule has 0 rings (SSSR count). The highest BCUT2D eigenvalue weighted by Crippen LogP contribution is 2.16. The number of esters is 3. The summed E-state index contributed by atoms with van der Waals surface area (Å²) in [7, 11) is 0. The molecule has 60 heavy (non-hydrogen) atoms. The van der Waals surface area contributed by atoms with E-state index in [1.165, 1.54) is 199 Å². The molecule has 354 valence electrons. The van der Waals surface area contributed by atoms with Crippen molar-refractivity contribution in [1.82, 2.24) is 0 Å². The van der Waals surface area contributed by atoms with E-state index in [1.54, 1.807) is 0 Å². The SMILES string of the molecule is CCCCCCCC/C=C\CCCCCCCCCC(=O)OC[C@@H](COC(=O)CCCCCCCCCCCCCC)OC(=O)CCCCCCCCCCCCCCC. The quantitative estimate of drug-likeness (QED) is 0.0263. The Labute approximate surface area is 373 Å². The Kier molecular flexibility index (Phi) is 48.3. The van der Waals surface area contributed by atoms with Gasteiger partial charge in [-0.15, -0.1) is 0 Å². The van der Waals surface area contributed by atoms with Crippen LogP contribution >= 0.6 is 0 Å². The molecule has 0 fully saturated rings. The van der Waals surface area contributed by atoms with Gasteiger partial charge in [-0.1, -0.05) is 245 Å². The van der Waals surface area contributed by atoms with Crippen LogP contribution in [-0.4, -0.2) is 37.2 Å². The summed E-state index contributed by atoms with van der Waals surface area (Å²) >= 11 is 0. The molecule has 6 nitrogen and oxygen atoms in total. The van der Waals surface area contributed by atoms with Gasteiger partial charge in [-0.2, -0.15) is 0 Å². The number of ether oxygens (including phenoxy) is 3. The van der Waals surface area contributed by atoms with Gasteiger partial charge in [0.15, 0.2) is 6.10 Å². The van der Waals surface area contributed by atoms with Crippen molar-refractivity contribution < 1.29 is 28.6 Å². The molecule has 6 heteroatoms. The lowest BCUT2D eigenvalue weighted by molar-refractivity contribution is -0.167. The van der Waals surface area contributed by atoms with E-state index >= 15 is 0 Å². The summed E-state index contributed by atoms with van der Waals surface area (Å²) in [5.74, 6) is -0.852. The Morgan fingerprint density at radius 2 is 0.550 bits per heavy atom. The first-order chi connectivity index (χ1) is 29.5. The van der Waals surface area contributed by atoms with Gasteiger partial charge >= 0.3 is 17.9 Å². The second-order valence-electron chi connectivity index (χ2n) is 18.2. The molecule has 0 amide bonds. The molecule has 0 spiro atoms. The van der Waals surface area contributed by atoms with Crippen LogP contribution in [0.25, 0.3) is 0 Å². The fourth-order valence-corrected chi connectivity index (χ4v) is 7.97. The number of carbonyl (C=O) groups excluding carboxylic acids is 3. The average Bonchev–Trinajstić information content (AvgIpc) is 3.24. The smallest absolute Gasteiger partial charge is 0.306 e. The van der Waals surface area contributed by atoms with Crippen molar-refractivity contribution >= 4 is 17.9 Å². The predicted octanol–water partition coefficient (Wildman–Crippen LogP) is 17.4. The molecule has 0 aromatic heterocycles. The molecule has 0 aliphatic rings. The van der Waals surface area contributed by atoms with Crippen molar-refractivity contribution in [1.29, 1.82) is 0 Å². The first-order valence-electron chi connectivity index (χ1n) is 26.7. The van der Waals surface area contributed by atoms with E-state index in [0.717, 1.165) is 57.8 Å². The Bertz CT molecular complexity index is 931. The Hall–Kier alpha value is -1.85. The van der Waals surface area contributed by atoms with Crippen molar-refractivity contribution in [3.05, 3.63) is 12.2 Å². The molecule has 1 atom stereocenters. The number of carbonyl (C=O) groups is 3. The van der Waals surface area contributed by atoms with Crippen molar-refractivity contribution in [2.45, 2.75) is 303 Å². The van der Waals surface area contributed by atoms with Crippen molar-refractivity contribution in [2.24, 2.45) is 0 Å². The molecule has 0 bridgehead atoms. The van der Waals surface area contributed by atoms with Gasteiger partial charge in [0, 0.05) is 19.3 Å². The lowest BCUT2D eigenvalue weighted by atomic mass is 10.0. The maximum Gasteiger partial charge on any atom is 0.306 e. The molecule has 0 radical (unpaired) electrons. The molecule has 0 saturated heterocycles. The number of hydrogen-bond acceptors (Lipinski definition) is 6. The summed E-state index contributed by atoms with van der Waals surface area (Å²) in [6.45, 7) is 6.66. The third kappa shape index (κ3) is 47.2. The number of unbranched alkanes of at least 4 members (excludes halogenated alkanes) is 36. The minimum atomic E-state index is -0.764. The van der Waals surface area contributed by atoms with E-state index in [4.69, 9.17) is 14.2 Å². The highest BCUT2D eigenvalue weighted by atomic mass is 16.6. The lowest BCUT2D eigenvalue weighted by Gasteiger charge is -2.18. The molecular weight excluding hydrogens is 745 g/mol. The summed E-state index contributed by atoms with van der Waals surface area (Å²) in [5, 5.41) is 0. The van der Waals surface area contributed by atoms with Gasteiger partial charge in [-0.25, -0.2) is 0 Å². The zero-order chi connectivity index (χ0) is 43.7. The van der Waals surface area contributed by atoms with Crippen LogP contribution in [0.15, 0.2) is 12.2 Å². The highest BCUT2D eigenvalue weighted by Gasteiger charge is 2.19. The van der Waals surface area contributed by atoms with E-state index in [9.17, 15) is 14.4 Å². The summed E-state index contributed by atoms with van der Waals surface area (Å²) < 4.78 is 16.8.